The lowest BCUT2D eigenvalue weighted by atomic mass is 10.0. The van der Waals surface area contributed by atoms with Crippen molar-refractivity contribution in [1.82, 2.24) is 10.3 Å². The molecule has 0 amide bonds. The highest BCUT2D eigenvalue weighted by atomic mass is 15.2. The molecule has 0 bridgehead atoms. The summed E-state index contributed by atoms with van der Waals surface area (Å²) in [5, 5.41) is 3.28. The van der Waals surface area contributed by atoms with Gasteiger partial charge in [0, 0.05) is 30.9 Å². The van der Waals surface area contributed by atoms with E-state index >= 15 is 0 Å². The number of pyridine rings is 1. The van der Waals surface area contributed by atoms with E-state index in [2.05, 4.69) is 56.0 Å². The summed E-state index contributed by atoms with van der Waals surface area (Å²) >= 11 is 0. The van der Waals surface area contributed by atoms with Crippen LogP contribution in [0, 0.1) is 5.92 Å². The van der Waals surface area contributed by atoms with Crippen LogP contribution in [0.5, 0.6) is 0 Å². The molecule has 1 aromatic rings. The zero-order valence-electron chi connectivity index (χ0n) is 11.9. The van der Waals surface area contributed by atoms with Crippen molar-refractivity contribution in [3.05, 3.63) is 23.9 Å². The van der Waals surface area contributed by atoms with Crippen molar-refractivity contribution in [3.8, 4) is 0 Å². The minimum atomic E-state index is 0.320. The van der Waals surface area contributed by atoms with Gasteiger partial charge in [0.15, 0.2) is 0 Å². The lowest BCUT2D eigenvalue weighted by Crippen LogP contribution is -2.35. The second-order valence-electron chi connectivity index (χ2n) is 5.02. The monoisotopic (exact) mass is 235 g/mol. The molecule has 0 saturated carbocycles. The Morgan fingerprint density at radius 3 is 2.41 bits per heavy atom. The minimum Gasteiger partial charge on any atom is -0.356 e. The average molecular weight is 235 g/mol. The molecule has 0 aliphatic rings. The first-order valence-corrected chi connectivity index (χ1v) is 6.34. The van der Waals surface area contributed by atoms with Crippen molar-refractivity contribution in [2.45, 2.75) is 39.8 Å². The van der Waals surface area contributed by atoms with Gasteiger partial charge in [-0.05, 0) is 32.9 Å². The molecule has 1 rings (SSSR count). The Bertz CT molecular complexity index is 349. The summed E-state index contributed by atoms with van der Waals surface area (Å²) in [5.74, 6) is 1.69. The quantitative estimate of drug-likeness (QED) is 0.850. The maximum Gasteiger partial charge on any atom is 0.133 e. The molecular formula is C14H25N3. The molecule has 96 valence electrons. The van der Waals surface area contributed by atoms with Crippen LogP contribution in [0.2, 0.25) is 0 Å². The van der Waals surface area contributed by atoms with Gasteiger partial charge in [-0.25, -0.2) is 4.98 Å². The highest BCUT2D eigenvalue weighted by molar-refractivity contribution is 5.48. The molecule has 0 aromatic carbocycles. The van der Waals surface area contributed by atoms with Gasteiger partial charge in [0.1, 0.15) is 5.82 Å². The number of nitrogens with one attached hydrogen (secondary N) is 1. The van der Waals surface area contributed by atoms with E-state index in [1.54, 1.807) is 0 Å². The van der Waals surface area contributed by atoms with Gasteiger partial charge in [-0.1, -0.05) is 19.9 Å². The van der Waals surface area contributed by atoms with E-state index < -0.39 is 0 Å². The summed E-state index contributed by atoms with van der Waals surface area (Å²) in [6.45, 7) is 8.89. The van der Waals surface area contributed by atoms with Gasteiger partial charge >= 0.3 is 0 Å². The molecule has 0 aliphatic heterocycles. The molecule has 17 heavy (non-hydrogen) atoms. The van der Waals surface area contributed by atoms with Gasteiger partial charge in [0.2, 0.25) is 0 Å². The first-order chi connectivity index (χ1) is 7.99. The SMILES string of the molecule is CNC(C)c1cccnc1N(C)C(C)C(C)C. The van der Waals surface area contributed by atoms with Crippen molar-refractivity contribution in [1.29, 1.82) is 0 Å². The second-order valence-corrected chi connectivity index (χ2v) is 5.02. The van der Waals surface area contributed by atoms with Gasteiger partial charge in [-0.3, -0.25) is 0 Å². The Morgan fingerprint density at radius 2 is 1.88 bits per heavy atom. The van der Waals surface area contributed by atoms with Crippen LogP contribution in [-0.4, -0.2) is 25.1 Å². The Balaban J connectivity index is 3.04. The molecule has 1 aromatic heterocycles. The standard InChI is InChI=1S/C14H25N3/c1-10(2)12(4)17(6)14-13(11(3)15-5)8-7-9-16-14/h7-12,15H,1-6H3. The van der Waals surface area contributed by atoms with Crippen LogP contribution < -0.4 is 10.2 Å². The molecule has 0 spiro atoms. The zero-order valence-corrected chi connectivity index (χ0v) is 11.9. The number of anilines is 1. The van der Waals surface area contributed by atoms with Gasteiger partial charge in [0.05, 0.1) is 0 Å². The third-order valence-corrected chi connectivity index (χ3v) is 3.63. The van der Waals surface area contributed by atoms with E-state index in [0.29, 0.717) is 18.0 Å². The number of hydrogen-bond acceptors (Lipinski definition) is 3. The van der Waals surface area contributed by atoms with Crippen LogP contribution in [0.15, 0.2) is 18.3 Å². The van der Waals surface area contributed by atoms with E-state index in [1.807, 2.05) is 19.3 Å². The predicted molar refractivity (Wildman–Crippen MR) is 74.4 cm³/mol. The van der Waals surface area contributed by atoms with Crippen molar-refractivity contribution in [2.24, 2.45) is 5.92 Å². The number of hydrogen-bond donors (Lipinski definition) is 1. The van der Waals surface area contributed by atoms with E-state index in [9.17, 15) is 0 Å². The molecule has 1 N–H and O–H groups in total. The summed E-state index contributed by atoms with van der Waals surface area (Å²) in [4.78, 5) is 6.81. The van der Waals surface area contributed by atoms with E-state index in [-0.39, 0.29) is 0 Å². The van der Waals surface area contributed by atoms with Crippen LogP contribution in [-0.2, 0) is 0 Å². The number of nitrogens with zero attached hydrogens (tertiary/aromatic N) is 2. The third kappa shape index (κ3) is 3.19. The van der Waals surface area contributed by atoms with Gasteiger partial charge < -0.3 is 10.2 Å². The maximum atomic E-state index is 4.54. The number of aromatic nitrogens is 1. The van der Waals surface area contributed by atoms with Gasteiger partial charge in [-0.15, -0.1) is 0 Å². The third-order valence-electron chi connectivity index (χ3n) is 3.63. The van der Waals surface area contributed by atoms with Crippen molar-refractivity contribution in [3.63, 3.8) is 0 Å². The van der Waals surface area contributed by atoms with Crippen molar-refractivity contribution < 1.29 is 0 Å². The molecule has 2 atom stereocenters. The molecule has 0 fully saturated rings. The Hall–Kier alpha value is -1.09. The summed E-state index contributed by atoms with van der Waals surface area (Å²) < 4.78 is 0. The lowest BCUT2D eigenvalue weighted by molar-refractivity contribution is 0.499. The van der Waals surface area contributed by atoms with Crippen LogP contribution in [0.1, 0.15) is 39.3 Å². The highest BCUT2D eigenvalue weighted by Crippen LogP contribution is 2.25. The molecule has 1 heterocycles. The van der Waals surface area contributed by atoms with E-state index in [4.69, 9.17) is 0 Å². The maximum absolute atomic E-state index is 4.54. The molecule has 3 nitrogen and oxygen atoms in total. The summed E-state index contributed by atoms with van der Waals surface area (Å²) in [5.41, 5.74) is 1.25. The molecule has 3 heteroatoms. The molecule has 0 saturated heterocycles. The van der Waals surface area contributed by atoms with Crippen LogP contribution in [0.25, 0.3) is 0 Å². The topological polar surface area (TPSA) is 28.2 Å². The van der Waals surface area contributed by atoms with E-state index in [1.165, 1.54) is 5.56 Å². The molecule has 0 aliphatic carbocycles. The van der Waals surface area contributed by atoms with Crippen LogP contribution >= 0.6 is 0 Å². The lowest BCUT2D eigenvalue weighted by Gasteiger charge is -2.31. The molecule has 0 radical (unpaired) electrons. The summed E-state index contributed by atoms with van der Waals surface area (Å²) in [7, 11) is 4.10. The number of rotatable bonds is 5. The Kier molecular flexibility index (Phi) is 4.94. The average Bonchev–Trinajstić information content (AvgIpc) is 2.35. The Labute approximate surface area is 105 Å². The zero-order chi connectivity index (χ0) is 13.0. The summed E-state index contributed by atoms with van der Waals surface area (Å²) in [6, 6.07) is 4.95. The minimum absolute atomic E-state index is 0.320. The second kappa shape index (κ2) is 6.01. The first kappa shape index (κ1) is 14.0. The highest BCUT2D eigenvalue weighted by Gasteiger charge is 2.19. The Morgan fingerprint density at radius 1 is 1.24 bits per heavy atom. The fourth-order valence-corrected chi connectivity index (χ4v) is 1.84. The van der Waals surface area contributed by atoms with Gasteiger partial charge in [-0.2, -0.15) is 0 Å². The van der Waals surface area contributed by atoms with Crippen LogP contribution in [0.3, 0.4) is 0 Å². The normalized spacial score (nSPS) is 14.8. The molecular weight excluding hydrogens is 210 g/mol. The van der Waals surface area contributed by atoms with Crippen molar-refractivity contribution in [2.75, 3.05) is 19.0 Å². The first-order valence-electron chi connectivity index (χ1n) is 6.34. The largest absolute Gasteiger partial charge is 0.356 e. The van der Waals surface area contributed by atoms with Gasteiger partial charge in [0.25, 0.3) is 0 Å². The van der Waals surface area contributed by atoms with E-state index in [0.717, 1.165) is 5.82 Å². The molecule has 2 unspecified atom stereocenters. The fourth-order valence-electron chi connectivity index (χ4n) is 1.84. The fraction of sp³-hybridized carbons (Fsp3) is 0.643. The van der Waals surface area contributed by atoms with Crippen molar-refractivity contribution >= 4 is 5.82 Å². The van der Waals surface area contributed by atoms with Crippen LogP contribution in [0.4, 0.5) is 5.82 Å². The smallest absolute Gasteiger partial charge is 0.133 e. The predicted octanol–water partition coefficient (Wildman–Crippen LogP) is 2.84. The summed E-state index contributed by atoms with van der Waals surface area (Å²) in [6.07, 6.45) is 1.87.